The average molecular weight is 414 g/mol. The predicted octanol–water partition coefficient (Wildman–Crippen LogP) is 3.30. The van der Waals surface area contributed by atoms with E-state index >= 15 is 0 Å². The molecule has 2 aromatic rings. The van der Waals surface area contributed by atoms with E-state index in [0.717, 1.165) is 23.3 Å². The molecule has 29 heavy (non-hydrogen) atoms. The van der Waals surface area contributed by atoms with Crippen LogP contribution in [0.25, 0.3) is 0 Å². The molecule has 0 radical (unpaired) electrons. The van der Waals surface area contributed by atoms with Crippen LogP contribution in [-0.4, -0.2) is 24.5 Å². The lowest BCUT2D eigenvalue weighted by molar-refractivity contribution is -0.360. The Kier molecular flexibility index (Phi) is 5.42. The Morgan fingerprint density at radius 2 is 1.69 bits per heavy atom. The van der Waals surface area contributed by atoms with Gasteiger partial charge in [0.1, 0.15) is 18.3 Å². The number of aliphatic imine (C=N–C) groups is 1. The number of hydrazine groups is 1. The van der Waals surface area contributed by atoms with Crippen molar-refractivity contribution in [3.63, 3.8) is 0 Å². The van der Waals surface area contributed by atoms with Gasteiger partial charge in [-0.1, -0.05) is 24.3 Å². The largest absolute Gasteiger partial charge is 0.499 e. The van der Waals surface area contributed by atoms with Crippen LogP contribution < -0.4 is 20.9 Å². The molecule has 1 unspecified atom stereocenters. The zero-order valence-electron chi connectivity index (χ0n) is 14.7. The molecule has 2 aromatic carbocycles. The second kappa shape index (κ2) is 7.66. The number of halogens is 5. The monoisotopic (exact) mass is 414 g/mol. The first-order chi connectivity index (χ1) is 13.5. The van der Waals surface area contributed by atoms with E-state index in [2.05, 4.69) is 15.2 Å². The number of amides is 1. The molecule has 0 aliphatic carbocycles. The van der Waals surface area contributed by atoms with Crippen LogP contribution in [0.15, 0.2) is 53.5 Å². The Morgan fingerprint density at radius 3 is 2.24 bits per heavy atom. The summed E-state index contributed by atoms with van der Waals surface area (Å²) in [5.74, 6) is -1.07. The standard InChI is InChI=1S/C18H15F5N4O2/c19-17(20,21)18(22,23)29-14-7-5-13(6-8-14)27-10-25-16(26-27)12-3-1-11(2-4-12)9-15(24)28/h1-8,10,16,26H,9H2,(H2,24,28). The first kappa shape index (κ1) is 20.5. The minimum Gasteiger partial charge on any atom is -0.426 e. The Balaban J connectivity index is 1.63. The smallest absolute Gasteiger partial charge is 0.426 e. The van der Waals surface area contributed by atoms with E-state index < -0.39 is 30.1 Å². The topological polar surface area (TPSA) is 80.0 Å². The number of carbonyl (C=O) groups is 1. The second-order valence-corrected chi connectivity index (χ2v) is 6.16. The number of nitrogens with one attached hydrogen (secondary N) is 1. The lowest BCUT2D eigenvalue weighted by Crippen LogP contribution is -2.41. The van der Waals surface area contributed by atoms with Crippen molar-refractivity contribution in [1.82, 2.24) is 5.43 Å². The number of nitrogens with zero attached hydrogens (tertiary/aromatic N) is 2. The number of benzene rings is 2. The Hall–Kier alpha value is -3.21. The maximum absolute atomic E-state index is 12.9. The van der Waals surface area contributed by atoms with Crippen LogP contribution in [0.1, 0.15) is 17.3 Å². The average Bonchev–Trinajstić information content (AvgIpc) is 3.11. The highest BCUT2D eigenvalue weighted by molar-refractivity contribution is 5.80. The first-order valence-corrected chi connectivity index (χ1v) is 8.24. The summed E-state index contributed by atoms with van der Waals surface area (Å²) in [5.41, 5.74) is 10.2. The molecule has 154 valence electrons. The number of primary amides is 1. The van der Waals surface area contributed by atoms with Gasteiger partial charge >= 0.3 is 12.3 Å². The summed E-state index contributed by atoms with van der Waals surface area (Å²) < 4.78 is 66.2. The molecule has 3 N–H and O–H groups in total. The van der Waals surface area contributed by atoms with E-state index in [4.69, 9.17) is 5.73 Å². The third kappa shape index (κ3) is 4.80. The molecular weight excluding hydrogens is 399 g/mol. The highest BCUT2D eigenvalue weighted by Crippen LogP contribution is 2.37. The van der Waals surface area contributed by atoms with Gasteiger partial charge in [0.2, 0.25) is 5.91 Å². The van der Waals surface area contributed by atoms with Crippen molar-refractivity contribution in [2.24, 2.45) is 10.7 Å². The van der Waals surface area contributed by atoms with Crippen molar-refractivity contribution in [1.29, 1.82) is 0 Å². The van der Waals surface area contributed by atoms with Gasteiger partial charge in [0, 0.05) is 0 Å². The SMILES string of the molecule is NC(=O)Cc1ccc(C2N=CN(c3ccc(OC(F)(F)C(F)(F)F)cc3)N2)cc1. The van der Waals surface area contributed by atoms with Crippen molar-refractivity contribution in [3.05, 3.63) is 59.7 Å². The number of hydrogen-bond acceptors (Lipinski definition) is 5. The number of ether oxygens (including phenoxy) is 1. The second-order valence-electron chi connectivity index (χ2n) is 6.16. The summed E-state index contributed by atoms with van der Waals surface area (Å²) in [5, 5.41) is 1.48. The van der Waals surface area contributed by atoms with E-state index in [1.54, 1.807) is 24.3 Å². The van der Waals surface area contributed by atoms with E-state index in [9.17, 15) is 26.7 Å². The maximum atomic E-state index is 12.9. The molecule has 0 bridgehead atoms. The molecule has 11 heteroatoms. The van der Waals surface area contributed by atoms with Gasteiger partial charge in [-0.25, -0.2) is 4.99 Å². The van der Waals surface area contributed by atoms with Crippen LogP contribution in [-0.2, 0) is 11.2 Å². The number of alkyl halides is 5. The van der Waals surface area contributed by atoms with Crippen LogP contribution in [0.2, 0.25) is 0 Å². The fourth-order valence-corrected chi connectivity index (χ4v) is 2.53. The van der Waals surface area contributed by atoms with E-state index in [-0.39, 0.29) is 6.42 Å². The van der Waals surface area contributed by atoms with Crippen molar-refractivity contribution >= 4 is 17.9 Å². The molecule has 0 spiro atoms. The molecular formula is C18H15F5N4O2. The summed E-state index contributed by atoms with van der Waals surface area (Å²) in [7, 11) is 0. The Labute approximate surface area is 161 Å². The van der Waals surface area contributed by atoms with E-state index in [1.165, 1.54) is 23.5 Å². The van der Waals surface area contributed by atoms with Crippen molar-refractivity contribution in [3.8, 4) is 5.75 Å². The minimum absolute atomic E-state index is 0.121. The number of nitrogens with two attached hydrogens (primary N) is 1. The summed E-state index contributed by atoms with van der Waals surface area (Å²) in [6.07, 6.45) is -9.97. The van der Waals surface area contributed by atoms with Crippen LogP contribution >= 0.6 is 0 Å². The molecule has 1 heterocycles. The fraction of sp³-hybridized carbons (Fsp3) is 0.222. The number of hydrogen-bond donors (Lipinski definition) is 2. The van der Waals surface area contributed by atoms with Gasteiger partial charge in [0.15, 0.2) is 0 Å². The third-order valence-corrected chi connectivity index (χ3v) is 3.96. The van der Waals surface area contributed by atoms with Crippen LogP contribution in [0.3, 0.4) is 0 Å². The predicted molar refractivity (Wildman–Crippen MR) is 94.3 cm³/mol. The Bertz CT molecular complexity index is 898. The van der Waals surface area contributed by atoms with Gasteiger partial charge in [-0.05, 0) is 35.4 Å². The highest BCUT2D eigenvalue weighted by Gasteiger charge is 2.61. The molecule has 1 aliphatic heterocycles. The minimum atomic E-state index is -5.81. The first-order valence-electron chi connectivity index (χ1n) is 8.24. The maximum Gasteiger partial charge on any atom is 0.499 e. The summed E-state index contributed by atoms with van der Waals surface area (Å²) in [4.78, 5) is 15.2. The molecule has 0 fully saturated rings. The lowest BCUT2D eigenvalue weighted by Gasteiger charge is -2.21. The van der Waals surface area contributed by atoms with Crippen molar-refractivity contribution < 1.29 is 31.5 Å². The van der Waals surface area contributed by atoms with Gasteiger partial charge in [-0.2, -0.15) is 27.4 Å². The van der Waals surface area contributed by atoms with Gasteiger partial charge < -0.3 is 10.5 Å². The van der Waals surface area contributed by atoms with E-state index in [0.29, 0.717) is 5.69 Å². The van der Waals surface area contributed by atoms with Crippen LogP contribution in [0.4, 0.5) is 27.6 Å². The molecule has 1 atom stereocenters. The third-order valence-electron chi connectivity index (χ3n) is 3.96. The van der Waals surface area contributed by atoms with Gasteiger partial charge in [0.05, 0.1) is 12.1 Å². The highest BCUT2D eigenvalue weighted by atomic mass is 19.4. The summed E-state index contributed by atoms with van der Waals surface area (Å²) in [6, 6.07) is 11.6. The van der Waals surface area contributed by atoms with Crippen molar-refractivity contribution in [2.45, 2.75) is 24.9 Å². The van der Waals surface area contributed by atoms with Gasteiger partial charge in [-0.3, -0.25) is 9.80 Å². The number of rotatable bonds is 6. The molecule has 0 saturated carbocycles. The number of anilines is 1. The molecule has 1 aliphatic rings. The molecule has 1 amide bonds. The van der Waals surface area contributed by atoms with Gasteiger partial charge in [0.25, 0.3) is 0 Å². The Morgan fingerprint density at radius 1 is 1.07 bits per heavy atom. The van der Waals surface area contributed by atoms with Crippen LogP contribution in [0, 0.1) is 0 Å². The number of carbonyl (C=O) groups excluding carboxylic acids is 1. The van der Waals surface area contributed by atoms with E-state index in [1.807, 2.05) is 0 Å². The zero-order valence-corrected chi connectivity index (χ0v) is 14.7. The van der Waals surface area contributed by atoms with Crippen molar-refractivity contribution in [2.75, 3.05) is 5.01 Å². The molecule has 0 saturated heterocycles. The normalized spacial score (nSPS) is 16.9. The molecule has 3 rings (SSSR count). The molecule has 6 nitrogen and oxygen atoms in total. The van der Waals surface area contributed by atoms with Gasteiger partial charge in [-0.15, -0.1) is 0 Å². The van der Waals surface area contributed by atoms with Crippen LogP contribution in [0.5, 0.6) is 5.75 Å². The summed E-state index contributed by atoms with van der Waals surface area (Å²) in [6.45, 7) is 0. The quantitative estimate of drug-likeness (QED) is 0.711. The lowest BCUT2D eigenvalue weighted by atomic mass is 10.1. The molecule has 0 aromatic heterocycles. The summed E-state index contributed by atoms with van der Waals surface area (Å²) >= 11 is 0. The fourth-order valence-electron chi connectivity index (χ4n) is 2.53. The zero-order chi connectivity index (χ0) is 21.2.